The van der Waals surface area contributed by atoms with Gasteiger partial charge in [-0.2, -0.15) is 0 Å². The standard InChI is InChI=1S/C22H20N2O2S/c1-25-19-9-4-16(5-10-19)3-8-18-15-21(24-13-14-27-22(24)23-18)17-6-11-20(26-2)12-7-17/h3-15,21H,1-2H3/b8-3+. The Bertz CT molecular complexity index is 928. The average molecular weight is 376 g/mol. The van der Waals surface area contributed by atoms with Crippen molar-refractivity contribution >= 4 is 23.0 Å². The van der Waals surface area contributed by atoms with Crippen LogP contribution in [0.1, 0.15) is 17.2 Å². The second kappa shape index (κ2) is 7.76. The van der Waals surface area contributed by atoms with Crippen molar-refractivity contribution in [2.75, 3.05) is 14.2 Å². The van der Waals surface area contributed by atoms with Gasteiger partial charge in [-0.15, -0.1) is 0 Å². The van der Waals surface area contributed by atoms with Crippen LogP contribution in [-0.4, -0.2) is 24.3 Å². The van der Waals surface area contributed by atoms with Crippen LogP contribution in [0.4, 0.5) is 0 Å². The quantitative estimate of drug-likeness (QED) is 0.715. The molecule has 4 nitrogen and oxygen atoms in total. The molecule has 1 atom stereocenters. The third kappa shape index (κ3) is 3.78. The first-order chi connectivity index (χ1) is 13.3. The molecule has 2 aliphatic rings. The van der Waals surface area contributed by atoms with Gasteiger partial charge < -0.3 is 14.4 Å². The molecule has 0 N–H and O–H groups in total. The van der Waals surface area contributed by atoms with E-state index >= 15 is 0 Å². The first-order valence-electron chi connectivity index (χ1n) is 8.65. The van der Waals surface area contributed by atoms with E-state index in [1.165, 1.54) is 5.56 Å². The SMILES string of the molecule is COc1ccc(/C=C/C2=CC(c3ccc(OC)cc3)N3C=CSC3=N2)cc1. The van der Waals surface area contributed by atoms with E-state index < -0.39 is 0 Å². The third-order valence-corrected chi connectivity index (χ3v) is 5.26. The van der Waals surface area contributed by atoms with E-state index in [4.69, 9.17) is 14.5 Å². The summed E-state index contributed by atoms with van der Waals surface area (Å²) in [7, 11) is 3.36. The van der Waals surface area contributed by atoms with Crippen LogP contribution in [0.3, 0.4) is 0 Å². The summed E-state index contributed by atoms with van der Waals surface area (Å²) >= 11 is 1.64. The van der Waals surface area contributed by atoms with Gasteiger partial charge >= 0.3 is 0 Å². The summed E-state index contributed by atoms with van der Waals surface area (Å²) in [6.45, 7) is 0. The summed E-state index contributed by atoms with van der Waals surface area (Å²) in [5.41, 5.74) is 3.26. The number of methoxy groups -OCH3 is 2. The summed E-state index contributed by atoms with van der Waals surface area (Å²) in [5.74, 6) is 1.71. The van der Waals surface area contributed by atoms with Crippen molar-refractivity contribution in [1.29, 1.82) is 0 Å². The second-order valence-corrected chi connectivity index (χ2v) is 6.99. The number of amidine groups is 1. The van der Waals surface area contributed by atoms with Crippen LogP contribution in [0, 0.1) is 0 Å². The predicted molar refractivity (Wildman–Crippen MR) is 112 cm³/mol. The lowest BCUT2D eigenvalue weighted by Gasteiger charge is -2.29. The lowest BCUT2D eigenvalue weighted by Crippen LogP contribution is -2.27. The monoisotopic (exact) mass is 376 g/mol. The summed E-state index contributed by atoms with van der Waals surface area (Å²) in [5, 5.41) is 3.06. The van der Waals surface area contributed by atoms with E-state index in [9.17, 15) is 0 Å². The van der Waals surface area contributed by atoms with E-state index in [0.717, 1.165) is 27.9 Å². The molecule has 0 fully saturated rings. The van der Waals surface area contributed by atoms with Crippen molar-refractivity contribution in [3.8, 4) is 11.5 Å². The molecule has 136 valence electrons. The minimum absolute atomic E-state index is 0.116. The van der Waals surface area contributed by atoms with Gasteiger partial charge in [-0.1, -0.05) is 42.1 Å². The Labute approximate surface area is 163 Å². The van der Waals surface area contributed by atoms with Crippen molar-refractivity contribution in [2.24, 2.45) is 4.99 Å². The van der Waals surface area contributed by atoms with Crippen molar-refractivity contribution in [3.63, 3.8) is 0 Å². The highest BCUT2D eigenvalue weighted by molar-refractivity contribution is 8.16. The van der Waals surface area contributed by atoms with Crippen LogP contribution in [-0.2, 0) is 0 Å². The Balaban J connectivity index is 1.61. The molecule has 0 bridgehead atoms. The molecular weight excluding hydrogens is 356 g/mol. The van der Waals surface area contributed by atoms with Crippen molar-refractivity contribution in [3.05, 3.63) is 89.1 Å². The van der Waals surface area contributed by atoms with Gasteiger partial charge in [0.1, 0.15) is 11.5 Å². The number of nitrogens with zero attached hydrogens (tertiary/aromatic N) is 2. The second-order valence-electron chi connectivity index (χ2n) is 6.12. The molecule has 0 aromatic heterocycles. The highest BCUT2D eigenvalue weighted by Crippen LogP contribution is 2.36. The van der Waals surface area contributed by atoms with Crippen LogP contribution in [0.15, 0.2) is 83.0 Å². The molecule has 0 radical (unpaired) electrons. The molecule has 0 amide bonds. The zero-order valence-corrected chi connectivity index (χ0v) is 16.0. The van der Waals surface area contributed by atoms with Gasteiger partial charge in [-0.25, -0.2) is 4.99 Å². The smallest absolute Gasteiger partial charge is 0.173 e. The van der Waals surface area contributed by atoms with E-state index in [1.807, 2.05) is 36.4 Å². The van der Waals surface area contributed by atoms with Gasteiger partial charge in [0.15, 0.2) is 5.17 Å². The van der Waals surface area contributed by atoms with Gasteiger partial charge in [-0.05, 0) is 53.0 Å². The Morgan fingerprint density at radius 3 is 2.26 bits per heavy atom. The van der Waals surface area contributed by atoms with Crippen molar-refractivity contribution < 1.29 is 9.47 Å². The van der Waals surface area contributed by atoms with E-state index in [1.54, 1.807) is 26.0 Å². The minimum Gasteiger partial charge on any atom is -0.497 e. The number of allylic oxidation sites excluding steroid dienone is 1. The van der Waals surface area contributed by atoms with Crippen molar-refractivity contribution in [1.82, 2.24) is 4.90 Å². The van der Waals surface area contributed by atoms with Crippen LogP contribution in [0.5, 0.6) is 11.5 Å². The largest absolute Gasteiger partial charge is 0.497 e. The molecule has 1 unspecified atom stereocenters. The summed E-state index contributed by atoms with van der Waals surface area (Å²) in [4.78, 5) is 6.96. The van der Waals surface area contributed by atoms with Crippen LogP contribution in [0.25, 0.3) is 6.08 Å². The Morgan fingerprint density at radius 2 is 1.59 bits per heavy atom. The van der Waals surface area contributed by atoms with Gasteiger partial charge in [0.2, 0.25) is 0 Å². The molecule has 2 heterocycles. The Kier molecular flexibility index (Phi) is 5.03. The minimum atomic E-state index is 0.116. The number of aliphatic imine (C=N–C) groups is 1. The van der Waals surface area contributed by atoms with E-state index in [0.29, 0.717) is 0 Å². The van der Waals surface area contributed by atoms with Gasteiger partial charge in [0.25, 0.3) is 0 Å². The maximum atomic E-state index is 5.28. The first kappa shape index (κ1) is 17.5. The molecule has 2 aromatic rings. The number of fused-ring (bicyclic) bond motifs is 1. The number of hydrogen-bond donors (Lipinski definition) is 0. The highest BCUT2D eigenvalue weighted by atomic mass is 32.2. The van der Waals surface area contributed by atoms with Crippen LogP contribution >= 0.6 is 11.8 Å². The maximum absolute atomic E-state index is 5.28. The zero-order valence-electron chi connectivity index (χ0n) is 15.2. The fourth-order valence-corrected chi connectivity index (χ4v) is 3.78. The van der Waals surface area contributed by atoms with Crippen molar-refractivity contribution in [2.45, 2.75) is 6.04 Å². The molecule has 27 heavy (non-hydrogen) atoms. The van der Waals surface area contributed by atoms with E-state index in [-0.39, 0.29) is 6.04 Å². The van der Waals surface area contributed by atoms with Crippen LogP contribution in [0.2, 0.25) is 0 Å². The molecule has 2 aromatic carbocycles. The van der Waals surface area contributed by atoms with E-state index in [2.05, 4.69) is 46.9 Å². The summed E-state index contributed by atoms with van der Waals surface area (Å²) < 4.78 is 10.5. The maximum Gasteiger partial charge on any atom is 0.173 e. The number of benzene rings is 2. The number of rotatable bonds is 5. The third-order valence-electron chi connectivity index (χ3n) is 4.49. The molecule has 0 saturated heterocycles. The number of thioether (sulfide) groups is 1. The fraction of sp³-hybridized carbons (Fsp3) is 0.136. The Hall–Kier alpha value is -2.92. The summed E-state index contributed by atoms with van der Waals surface area (Å²) in [6.07, 6.45) is 8.39. The highest BCUT2D eigenvalue weighted by Gasteiger charge is 2.27. The topological polar surface area (TPSA) is 34.1 Å². The predicted octanol–water partition coefficient (Wildman–Crippen LogP) is 5.23. The molecule has 0 aliphatic carbocycles. The first-order valence-corrected chi connectivity index (χ1v) is 9.53. The average Bonchev–Trinajstić information content (AvgIpc) is 3.21. The van der Waals surface area contributed by atoms with Gasteiger partial charge in [0.05, 0.1) is 26.0 Å². The van der Waals surface area contributed by atoms with Crippen LogP contribution < -0.4 is 9.47 Å². The molecule has 5 heteroatoms. The molecule has 0 saturated carbocycles. The van der Waals surface area contributed by atoms with Gasteiger partial charge in [-0.3, -0.25) is 0 Å². The zero-order chi connectivity index (χ0) is 18.6. The molecular formula is C22H20N2O2S. The molecule has 4 rings (SSSR count). The molecule has 2 aliphatic heterocycles. The Morgan fingerprint density at radius 1 is 0.926 bits per heavy atom. The number of ether oxygens (including phenoxy) is 2. The summed E-state index contributed by atoms with van der Waals surface area (Å²) in [6, 6.07) is 16.3. The number of hydrogen-bond acceptors (Lipinski definition) is 5. The lowest BCUT2D eigenvalue weighted by atomic mass is 10.0. The van der Waals surface area contributed by atoms with Gasteiger partial charge in [0, 0.05) is 6.20 Å². The lowest BCUT2D eigenvalue weighted by molar-refractivity contribution is 0.414. The fourth-order valence-electron chi connectivity index (χ4n) is 3.01. The molecule has 0 spiro atoms. The normalized spacial score (nSPS) is 18.3.